The summed E-state index contributed by atoms with van der Waals surface area (Å²) in [4.78, 5) is 34.5. The van der Waals surface area contributed by atoms with Gasteiger partial charge in [-0.2, -0.15) is 0 Å². The minimum absolute atomic E-state index is 0.251. The van der Waals surface area contributed by atoms with Gasteiger partial charge in [0, 0.05) is 0 Å². The van der Waals surface area contributed by atoms with Crippen molar-refractivity contribution in [3.8, 4) is 5.75 Å². The molecule has 2 amide bonds. The lowest BCUT2D eigenvalue weighted by Crippen LogP contribution is -2.37. The molecule has 0 spiro atoms. The van der Waals surface area contributed by atoms with Crippen molar-refractivity contribution >= 4 is 23.2 Å². The van der Waals surface area contributed by atoms with Crippen LogP contribution in [0, 0.1) is 5.92 Å². The Balaban J connectivity index is 1.41. The highest BCUT2D eigenvalue weighted by Gasteiger charge is 2.60. The molecule has 3 aromatic rings. The Morgan fingerprint density at radius 1 is 0.794 bits per heavy atom. The maximum atomic E-state index is 13.7. The molecule has 0 aliphatic carbocycles. The molecule has 174 valence electrons. The second kappa shape index (κ2) is 9.69. The summed E-state index contributed by atoms with van der Waals surface area (Å²) in [6.45, 7) is 2.81. The monoisotopic (exact) mass is 456 g/mol. The SMILES string of the molecule is CCCCCOc1ccc(N2C(=O)C3ON(c4ccccc4)C(c4ccccc4)C3C2=O)cc1. The molecule has 2 saturated heterocycles. The zero-order chi connectivity index (χ0) is 23.5. The third-order valence-corrected chi connectivity index (χ3v) is 6.38. The molecular weight excluding hydrogens is 428 g/mol. The van der Waals surface area contributed by atoms with Crippen LogP contribution in [0.3, 0.4) is 0 Å². The molecular formula is C28H28N2O4. The van der Waals surface area contributed by atoms with Crippen molar-refractivity contribution in [2.75, 3.05) is 16.6 Å². The lowest BCUT2D eigenvalue weighted by Gasteiger charge is -2.28. The Morgan fingerprint density at radius 2 is 1.47 bits per heavy atom. The van der Waals surface area contributed by atoms with Gasteiger partial charge in [0.05, 0.1) is 24.0 Å². The van der Waals surface area contributed by atoms with E-state index in [4.69, 9.17) is 9.57 Å². The van der Waals surface area contributed by atoms with E-state index < -0.39 is 18.1 Å². The largest absolute Gasteiger partial charge is 0.494 e. The number of unbranched alkanes of at least 4 members (excludes halogenated alkanes) is 2. The number of para-hydroxylation sites is 1. The van der Waals surface area contributed by atoms with Crippen LogP contribution in [0.5, 0.6) is 5.75 Å². The number of ether oxygens (including phenoxy) is 1. The predicted molar refractivity (Wildman–Crippen MR) is 130 cm³/mol. The van der Waals surface area contributed by atoms with Gasteiger partial charge in [0.25, 0.3) is 5.91 Å². The van der Waals surface area contributed by atoms with Gasteiger partial charge in [0.2, 0.25) is 5.91 Å². The molecule has 0 saturated carbocycles. The van der Waals surface area contributed by atoms with Crippen molar-refractivity contribution in [2.45, 2.75) is 38.3 Å². The van der Waals surface area contributed by atoms with Crippen molar-refractivity contribution in [1.82, 2.24) is 0 Å². The van der Waals surface area contributed by atoms with E-state index in [1.807, 2.05) is 72.8 Å². The van der Waals surface area contributed by atoms with E-state index in [1.165, 1.54) is 4.90 Å². The smallest absolute Gasteiger partial charge is 0.266 e. The summed E-state index contributed by atoms with van der Waals surface area (Å²) < 4.78 is 5.77. The Hall–Kier alpha value is -3.64. The van der Waals surface area contributed by atoms with Crippen LogP contribution in [0.1, 0.15) is 37.8 Å². The summed E-state index contributed by atoms with van der Waals surface area (Å²) in [5.41, 5.74) is 2.27. The maximum absolute atomic E-state index is 13.7. The average molecular weight is 457 g/mol. The Labute approximate surface area is 199 Å². The highest BCUT2D eigenvalue weighted by molar-refractivity contribution is 6.23. The van der Waals surface area contributed by atoms with Crippen LogP contribution in [-0.4, -0.2) is 24.5 Å². The van der Waals surface area contributed by atoms with Gasteiger partial charge < -0.3 is 4.74 Å². The fourth-order valence-corrected chi connectivity index (χ4v) is 4.69. The van der Waals surface area contributed by atoms with E-state index in [0.717, 1.165) is 36.3 Å². The summed E-state index contributed by atoms with van der Waals surface area (Å²) in [6, 6.07) is 26.1. The van der Waals surface area contributed by atoms with Crippen molar-refractivity contribution in [3.63, 3.8) is 0 Å². The highest BCUT2D eigenvalue weighted by Crippen LogP contribution is 2.47. The van der Waals surface area contributed by atoms with Gasteiger partial charge in [-0.25, -0.2) is 9.96 Å². The Bertz CT molecular complexity index is 1130. The first-order valence-corrected chi connectivity index (χ1v) is 11.9. The van der Waals surface area contributed by atoms with Gasteiger partial charge in [-0.1, -0.05) is 68.3 Å². The summed E-state index contributed by atoms with van der Waals surface area (Å²) >= 11 is 0. The van der Waals surface area contributed by atoms with Crippen LogP contribution in [0.2, 0.25) is 0 Å². The summed E-state index contributed by atoms with van der Waals surface area (Å²) in [7, 11) is 0. The first-order chi connectivity index (χ1) is 16.7. The van der Waals surface area contributed by atoms with E-state index in [0.29, 0.717) is 12.3 Å². The van der Waals surface area contributed by atoms with Gasteiger partial charge >= 0.3 is 0 Å². The third-order valence-electron chi connectivity index (χ3n) is 6.38. The van der Waals surface area contributed by atoms with Crippen LogP contribution >= 0.6 is 0 Å². The van der Waals surface area contributed by atoms with E-state index in [9.17, 15) is 9.59 Å². The second-order valence-electron chi connectivity index (χ2n) is 8.63. The Morgan fingerprint density at radius 3 is 2.15 bits per heavy atom. The first-order valence-electron chi connectivity index (χ1n) is 11.9. The quantitative estimate of drug-likeness (QED) is 0.340. The number of fused-ring (bicyclic) bond motifs is 1. The van der Waals surface area contributed by atoms with Gasteiger partial charge in [-0.3, -0.25) is 14.4 Å². The molecule has 0 radical (unpaired) electrons. The zero-order valence-electron chi connectivity index (χ0n) is 19.2. The van der Waals surface area contributed by atoms with Gasteiger partial charge in [-0.15, -0.1) is 0 Å². The number of amides is 2. The molecule has 2 aliphatic rings. The van der Waals surface area contributed by atoms with E-state index in [2.05, 4.69) is 6.92 Å². The lowest BCUT2D eigenvalue weighted by molar-refractivity contribution is -0.126. The van der Waals surface area contributed by atoms with Crippen LogP contribution in [0.4, 0.5) is 11.4 Å². The minimum atomic E-state index is -0.872. The van der Waals surface area contributed by atoms with Gasteiger partial charge in [-0.05, 0) is 48.4 Å². The maximum Gasteiger partial charge on any atom is 0.266 e. The molecule has 6 nitrogen and oxygen atoms in total. The second-order valence-corrected chi connectivity index (χ2v) is 8.63. The molecule has 3 atom stereocenters. The van der Waals surface area contributed by atoms with Crippen LogP contribution in [0.25, 0.3) is 0 Å². The molecule has 2 aliphatic heterocycles. The molecule has 3 unspecified atom stereocenters. The molecule has 2 heterocycles. The van der Waals surface area contributed by atoms with E-state index in [-0.39, 0.29) is 11.8 Å². The minimum Gasteiger partial charge on any atom is -0.494 e. The van der Waals surface area contributed by atoms with Crippen LogP contribution in [-0.2, 0) is 14.4 Å². The Kier molecular flexibility index (Phi) is 6.32. The standard InChI is InChI=1S/C28H28N2O4/c1-2-3-10-19-33-23-17-15-21(16-18-23)29-27(31)24-25(20-11-6-4-7-12-20)30(34-26(24)28(29)32)22-13-8-5-9-14-22/h4-9,11-18,24-26H,2-3,10,19H2,1H3. The van der Waals surface area contributed by atoms with E-state index >= 15 is 0 Å². The fourth-order valence-electron chi connectivity index (χ4n) is 4.69. The first kappa shape index (κ1) is 22.2. The van der Waals surface area contributed by atoms with Gasteiger partial charge in [0.1, 0.15) is 11.7 Å². The number of nitrogens with zero attached hydrogens (tertiary/aromatic N) is 2. The summed E-state index contributed by atoms with van der Waals surface area (Å²) in [6.07, 6.45) is 2.39. The topological polar surface area (TPSA) is 59.1 Å². The lowest BCUT2D eigenvalue weighted by atomic mass is 9.90. The van der Waals surface area contributed by atoms with Crippen LogP contribution in [0.15, 0.2) is 84.9 Å². The molecule has 5 rings (SSSR count). The number of hydrogen-bond acceptors (Lipinski definition) is 5. The number of imide groups is 1. The predicted octanol–water partition coefficient (Wildman–Crippen LogP) is 5.31. The number of rotatable bonds is 8. The van der Waals surface area contributed by atoms with Crippen molar-refractivity contribution in [1.29, 1.82) is 0 Å². The number of hydrogen-bond donors (Lipinski definition) is 0. The third kappa shape index (κ3) is 4.05. The summed E-state index contributed by atoms with van der Waals surface area (Å²) in [5.74, 6) is -0.502. The molecule has 0 aromatic heterocycles. The molecule has 6 heteroatoms. The number of benzene rings is 3. The normalized spacial score (nSPS) is 21.7. The molecule has 0 N–H and O–H groups in total. The number of anilines is 2. The molecule has 2 fully saturated rings. The fraction of sp³-hybridized carbons (Fsp3) is 0.286. The average Bonchev–Trinajstić information content (AvgIpc) is 3.39. The molecule has 3 aromatic carbocycles. The zero-order valence-corrected chi connectivity index (χ0v) is 19.2. The highest BCUT2D eigenvalue weighted by atomic mass is 16.7. The van der Waals surface area contributed by atoms with Crippen molar-refractivity contribution in [2.24, 2.45) is 5.92 Å². The number of hydroxylamine groups is 1. The van der Waals surface area contributed by atoms with Gasteiger partial charge in [0.15, 0.2) is 6.10 Å². The van der Waals surface area contributed by atoms with E-state index in [1.54, 1.807) is 17.2 Å². The molecule has 0 bridgehead atoms. The number of carbonyl (C=O) groups is 2. The molecule has 34 heavy (non-hydrogen) atoms. The van der Waals surface area contributed by atoms with Crippen LogP contribution < -0.4 is 14.7 Å². The number of carbonyl (C=O) groups excluding carboxylic acids is 2. The summed E-state index contributed by atoms with van der Waals surface area (Å²) in [5, 5.41) is 1.71. The van der Waals surface area contributed by atoms with Crippen molar-refractivity contribution in [3.05, 3.63) is 90.5 Å². The van der Waals surface area contributed by atoms with Crippen molar-refractivity contribution < 1.29 is 19.2 Å².